The van der Waals surface area contributed by atoms with Crippen molar-refractivity contribution < 1.29 is 24.0 Å². The van der Waals surface area contributed by atoms with Gasteiger partial charge in [0.15, 0.2) is 5.69 Å². The number of rotatable bonds is 4. The fourth-order valence-corrected chi connectivity index (χ4v) is 2.40. The number of aromatic carboxylic acids is 1. The Hall–Kier alpha value is -2.26. The highest BCUT2D eigenvalue weighted by Gasteiger charge is 2.26. The van der Waals surface area contributed by atoms with Gasteiger partial charge in [-0.2, -0.15) is 0 Å². The Bertz CT molecular complexity index is 833. The number of nitrogens with zero attached hydrogens (tertiary/aromatic N) is 2. The van der Waals surface area contributed by atoms with Crippen molar-refractivity contribution >= 4 is 50.9 Å². The average molecular weight is 403 g/mol. The van der Waals surface area contributed by atoms with E-state index in [2.05, 4.69) is 31.4 Å². The van der Waals surface area contributed by atoms with Crippen molar-refractivity contribution in [3.8, 4) is 0 Å². The number of nitrogens with one attached hydrogen (secondary N) is 1. The summed E-state index contributed by atoms with van der Waals surface area (Å²) in [5.74, 6) is -2.74. The van der Waals surface area contributed by atoms with Crippen LogP contribution in [0.15, 0.2) is 15.2 Å². The lowest BCUT2D eigenvalue weighted by Gasteiger charge is -2.13. The number of carboxylic acid groups (broad SMARTS) is 1. The summed E-state index contributed by atoms with van der Waals surface area (Å²) in [6.45, 7) is 2.71. The molecule has 0 atom stereocenters. The molecule has 0 aliphatic rings. The number of ketones is 1. The van der Waals surface area contributed by atoms with Crippen LogP contribution in [0.4, 0.5) is 5.69 Å². The number of aromatic nitrogens is 2. The van der Waals surface area contributed by atoms with Crippen LogP contribution < -0.4 is 5.32 Å². The van der Waals surface area contributed by atoms with Gasteiger partial charge < -0.3 is 14.9 Å². The number of hydrogen-bond donors (Lipinski definition) is 2. The van der Waals surface area contributed by atoms with E-state index in [1.807, 2.05) is 0 Å². The molecule has 2 N–H and O–H groups in total. The summed E-state index contributed by atoms with van der Waals surface area (Å²) in [5.41, 5.74) is -0.539. The predicted molar refractivity (Wildman–Crippen MR) is 82.9 cm³/mol. The average Bonchev–Trinajstić information content (AvgIpc) is 2.89. The summed E-state index contributed by atoms with van der Waals surface area (Å²) in [5, 5.41) is 14.8. The van der Waals surface area contributed by atoms with Gasteiger partial charge in [-0.3, -0.25) is 9.59 Å². The molecule has 0 saturated carbocycles. The molecule has 1 amide bonds. The zero-order chi connectivity index (χ0) is 17.3. The van der Waals surface area contributed by atoms with Crippen LogP contribution in [0.5, 0.6) is 0 Å². The molecule has 23 heavy (non-hydrogen) atoms. The van der Waals surface area contributed by atoms with Crippen LogP contribution in [-0.2, 0) is 4.79 Å². The second-order valence-electron chi connectivity index (χ2n) is 4.45. The number of hydrogen-bond acceptors (Lipinski definition) is 6. The van der Waals surface area contributed by atoms with Crippen LogP contribution in [0.3, 0.4) is 0 Å². The van der Waals surface area contributed by atoms with Crippen LogP contribution in [0.2, 0.25) is 5.02 Å². The summed E-state index contributed by atoms with van der Waals surface area (Å²) in [6, 6.07) is 1.32. The van der Waals surface area contributed by atoms with Gasteiger partial charge in [0.2, 0.25) is 17.5 Å². The molecule has 8 nitrogen and oxygen atoms in total. The lowest BCUT2D eigenvalue weighted by molar-refractivity contribution is -0.114. The number of halogens is 2. The minimum absolute atomic E-state index is 0.00787. The van der Waals surface area contributed by atoms with Crippen molar-refractivity contribution in [1.82, 2.24) is 10.1 Å². The Balaban J connectivity index is 2.67. The number of carboxylic acids is 1. The molecule has 0 aliphatic carbocycles. The SMILES string of the molecule is CC(=O)Nc1c(C)c(C(=O)c2cc(Br)no2)nc(C(=O)O)c1Cl. The highest BCUT2D eigenvalue weighted by atomic mass is 79.9. The standard InChI is InChI=1S/C13H9BrClN3O5/c1-4-9(16-5(2)19)8(15)11(13(21)22)17-10(4)12(20)6-3-7(14)18-23-6/h3H,1-2H3,(H,21,22)(H,16,17,19). The number of pyridine rings is 1. The molecule has 2 aromatic heterocycles. The summed E-state index contributed by atoms with van der Waals surface area (Å²) in [6.07, 6.45) is 0. The van der Waals surface area contributed by atoms with E-state index in [1.165, 1.54) is 19.9 Å². The minimum Gasteiger partial charge on any atom is -0.476 e. The van der Waals surface area contributed by atoms with Gasteiger partial charge in [-0.15, -0.1) is 0 Å². The summed E-state index contributed by atoms with van der Waals surface area (Å²) < 4.78 is 5.13. The molecule has 10 heteroatoms. The van der Waals surface area contributed by atoms with E-state index in [0.717, 1.165) is 0 Å². The Kier molecular flexibility index (Phi) is 4.81. The van der Waals surface area contributed by atoms with Gasteiger partial charge in [-0.25, -0.2) is 9.78 Å². The number of amides is 1. The summed E-state index contributed by atoms with van der Waals surface area (Å²) in [7, 11) is 0. The normalized spacial score (nSPS) is 10.4. The minimum atomic E-state index is -1.44. The maximum absolute atomic E-state index is 12.4. The Labute approximate surface area is 142 Å². The fraction of sp³-hybridized carbons (Fsp3) is 0.154. The highest BCUT2D eigenvalue weighted by Crippen LogP contribution is 2.31. The summed E-state index contributed by atoms with van der Waals surface area (Å²) >= 11 is 9.01. The number of carbonyl (C=O) groups is 3. The molecular formula is C13H9BrClN3O5. The number of anilines is 1. The van der Waals surface area contributed by atoms with Crippen LogP contribution >= 0.6 is 27.5 Å². The molecule has 0 radical (unpaired) electrons. The van der Waals surface area contributed by atoms with E-state index < -0.39 is 23.4 Å². The van der Waals surface area contributed by atoms with Crippen molar-refractivity contribution in [2.75, 3.05) is 5.32 Å². The molecule has 0 saturated heterocycles. The van der Waals surface area contributed by atoms with E-state index in [-0.39, 0.29) is 27.7 Å². The van der Waals surface area contributed by atoms with E-state index in [0.29, 0.717) is 4.60 Å². The maximum Gasteiger partial charge on any atom is 0.356 e. The van der Waals surface area contributed by atoms with Gasteiger partial charge in [0.1, 0.15) is 10.3 Å². The number of carbonyl (C=O) groups excluding carboxylic acids is 2. The quantitative estimate of drug-likeness (QED) is 0.754. The third-order valence-corrected chi connectivity index (χ3v) is 3.55. The molecule has 0 aliphatic heterocycles. The van der Waals surface area contributed by atoms with E-state index in [1.54, 1.807) is 0 Å². The summed E-state index contributed by atoms with van der Waals surface area (Å²) in [4.78, 5) is 38.8. The molecule has 120 valence electrons. The van der Waals surface area contributed by atoms with Gasteiger partial charge in [0.25, 0.3) is 0 Å². The molecule has 0 fully saturated rings. The Morgan fingerprint density at radius 1 is 1.35 bits per heavy atom. The lowest BCUT2D eigenvalue weighted by atomic mass is 10.1. The first kappa shape index (κ1) is 17.1. The zero-order valence-corrected chi connectivity index (χ0v) is 14.1. The van der Waals surface area contributed by atoms with Gasteiger partial charge in [0.05, 0.1) is 10.7 Å². The van der Waals surface area contributed by atoms with E-state index in [9.17, 15) is 19.5 Å². The second kappa shape index (κ2) is 6.47. The van der Waals surface area contributed by atoms with Crippen LogP contribution in [-0.4, -0.2) is 32.9 Å². The van der Waals surface area contributed by atoms with Crippen molar-refractivity contribution in [1.29, 1.82) is 0 Å². The predicted octanol–water partition coefficient (Wildman–Crippen LogP) is 2.68. The first-order chi connectivity index (χ1) is 10.7. The first-order valence-corrected chi connectivity index (χ1v) is 7.27. The molecule has 2 rings (SSSR count). The fourth-order valence-electron chi connectivity index (χ4n) is 1.81. The maximum atomic E-state index is 12.4. The van der Waals surface area contributed by atoms with Crippen molar-refractivity contribution in [2.24, 2.45) is 0 Å². The smallest absolute Gasteiger partial charge is 0.356 e. The van der Waals surface area contributed by atoms with E-state index >= 15 is 0 Å². The van der Waals surface area contributed by atoms with E-state index in [4.69, 9.17) is 16.1 Å². The highest BCUT2D eigenvalue weighted by molar-refractivity contribution is 9.10. The first-order valence-electron chi connectivity index (χ1n) is 6.10. The molecule has 0 aromatic carbocycles. The third kappa shape index (κ3) is 3.40. The molecule has 0 spiro atoms. The van der Waals surface area contributed by atoms with Gasteiger partial charge >= 0.3 is 5.97 Å². The van der Waals surface area contributed by atoms with Crippen molar-refractivity contribution in [3.63, 3.8) is 0 Å². The second-order valence-corrected chi connectivity index (χ2v) is 5.64. The lowest BCUT2D eigenvalue weighted by Crippen LogP contribution is -2.16. The van der Waals surface area contributed by atoms with Crippen molar-refractivity contribution in [2.45, 2.75) is 13.8 Å². The molecular weight excluding hydrogens is 394 g/mol. The largest absolute Gasteiger partial charge is 0.476 e. The molecule has 0 unspecified atom stereocenters. The van der Waals surface area contributed by atoms with Crippen LogP contribution in [0.25, 0.3) is 0 Å². The monoisotopic (exact) mass is 401 g/mol. The molecule has 0 bridgehead atoms. The van der Waals surface area contributed by atoms with Crippen molar-refractivity contribution in [3.05, 3.63) is 38.4 Å². The molecule has 2 aromatic rings. The topological polar surface area (TPSA) is 122 Å². The molecule has 2 heterocycles. The Morgan fingerprint density at radius 2 is 2.00 bits per heavy atom. The third-order valence-electron chi connectivity index (χ3n) is 2.81. The van der Waals surface area contributed by atoms with Gasteiger partial charge in [-0.1, -0.05) is 16.8 Å². The van der Waals surface area contributed by atoms with Crippen LogP contribution in [0.1, 0.15) is 39.2 Å². The zero-order valence-electron chi connectivity index (χ0n) is 11.8. The van der Waals surface area contributed by atoms with Gasteiger partial charge in [0, 0.05) is 18.6 Å². The van der Waals surface area contributed by atoms with Crippen LogP contribution in [0, 0.1) is 6.92 Å². The Morgan fingerprint density at radius 3 is 2.48 bits per heavy atom. The van der Waals surface area contributed by atoms with Gasteiger partial charge in [-0.05, 0) is 22.9 Å².